The molecule has 0 radical (unpaired) electrons. The summed E-state index contributed by atoms with van der Waals surface area (Å²) >= 11 is 0. The lowest BCUT2D eigenvalue weighted by molar-refractivity contribution is 0.526. The summed E-state index contributed by atoms with van der Waals surface area (Å²) in [5, 5.41) is 9.91. The van der Waals surface area contributed by atoms with E-state index in [0.717, 1.165) is 26.2 Å². The summed E-state index contributed by atoms with van der Waals surface area (Å²) in [6.07, 6.45) is 3.50. The summed E-state index contributed by atoms with van der Waals surface area (Å²) in [7, 11) is 0. The van der Waals surface area contributed by atoms with Crippen LogP contribution in [0.3, 0.4) is 0 Å². The molecule has 1 fully saturated rings. The maximum Gasteiger partial charge on any atom is 0.139 e. The van der Waals surface area contributed by atoms with Crippen molar-refractivity contribution >= 4 is 5.69 Å². The molecular formula is C12H15N5. The lowest BCUT2D eigenvalue weighted by Crippen LogP contribution is -2.50. The number of hydrogen-bond acceptors (Lipinski definition) is 4. The third-order valence-electron chi connectivity index (χ3n) is 3.11. The van der Waals surface area contributed by atoms with Crippen LogP contribution in [0.4, 0.5) is 5.69 Å². The van der Waals surface area contributed by atoms with Crippen LogP contribution < -0.4 is 9.91 Å². The number of hydrogen-bond donors (Lipinski definition) is 0. The molecule has 0 bridgehead atoms. The Kier molecular flexibility index (Phi) is 2.65. The molecule has 0 atom stereocenters. The zero-order valence-corrected chi connectivity index (χ0v) is 9.61. The molecule has 1 saturated heterocycles. The SMILES string of the molecule is c1ccc(N2CCN(n3cnnc3)CC2)cc1. The molecule has 88 valence electrons. The van der Waals surface area contributed by atoms with Gasteiger partial charge in [-0.15, -0.1) is 10.2 Å². The molecule has 2 heterocycles. The minimum Gasteiger partial charge on any atom is -0.368 e. The van der Waals surface area contributed by atoms with Crippen LogP contribution in [-0.4, -0.2) is 41.1 Å². The molecule has 0 spiro atoms. The molecule has 17 heavy (non-hydrogen) atoms. The molecule has 5 heteroatoms. The number of aromatic nitrogens is 3. The molecule has 0 amide bonds. The molecule has 0 saturated carbocycles. The number of para-hydroxylation sites is 1. The van der Waals surface area contributed by atoms with Crippen LogP contribution in [0.1, 0.15) is 0 Å². The lowest BCUT2D eigenvalue weighted by Gasteiger charge is -2.37. The molecule has 0 unspecified atom stereocenters. The number of piperazine rings is 1. The summed E-state index contributed by atoms with van der Waals surface area (Å²) in [4.78, 5) is 2.40. The second kappa shape index (κ2) is 4.45. The van der Waals surface area contributed by atoms with E-state index in [-0.39, 0.29) is 0 Å². The Morgan fingerprint density at radius 1 is 0.824 bits per heavy atom. The minimum atomic E-state index is 0.993. The van der Waals surface area contributed by atoms with Gasteiger partial charge in [0.05, 0.1) is 13.1 Å². The van der Waals surface area contributed by atoms with E-state index in [2.05, 4.69) is 50.4 Å². The number of anilines is 1. The Morgan fingerprint density at radius 2 is 1.47 bits per heavy atom. The third kappa shape index (κ3) is 2.08. The predicted octanol–water partition coefficient (Wildman–Crippen LogP) is 0.736. The third-order valence-corrected chi connectivity index (χ3v) is 3.11. The number of nitrogens with zero attached hydrogens (tertiary/aromatic N) is 5. The van der Waals surface area contributed by atoms with Gasteiger partial charge in [-0.25, -0.2) is 4.68 Å². The highest BCUT2D eigenvalue weighted by Crippen LogP contribution is 2.14. The highest BCUT2D eigenvalue weighted by atomic mass is 15.6. The first-order chi connectivity index (χ1) is 8.43. The first-order valence-electron chi connectivity index (χ1n) is 5.83. The van der Waals surface area contributed by atoms with Crippen LogP contribution in [0, 0.1) is 0 Å². The van der Waals surface area contributed by atoms with Crippen molar-refractivity contribution in [3.05, 3.63) is 43.0 Å². The molecule has 1 aromatic carbocycles. The standard InChI is InChI=1S/C12H15N5/c1-2-4-12(5-3-1)15-6-8-16(9-7-15)17-10-13-14-11-17/h1-5,10-11H,6-9H2. The van der Waals surface area contributed by atoms with Crippen LogP contribution in [0.15, 0.2) is 43.0 Å². The monoisotopic (exact) mass is 229 g/mol. The van der Waals surface area contributed by atoms with Gasteiger partial charge in [0.25, 0.3) is 0 Å². The van der Waals surface area contributed by atoms with Crippen LogP contribution in [0.5, 0.6) is 0 Å². The number of benzene rings is 1. The van der Waals surface area contributed by atoms with Gasteiger partial charge in [0.2, 0.25) is 0 Å². The quantitative estimate of drug-likeness (QED) is 0.761. The second-order valence-corrected chi connectivity index (χ2v) is 4.12. The molecular weight excluding hydrogens is 214 g/mol. The Labute approximate surface area is 100 Å². The van der Waals surface area contributed by atoms with Gasteiger partial charge in [-0.1, -0.05) is 18.2 Å². The van der Waals surface area contributed by atoms with E-state index in [0.29, 0.717) is 0 Å². The van der Waals surface area contributed by atoms with Crippen molar-refractivity contribution in [1.29, 1.82) is 0 Å². The van der Waals surface area contributed by atoms with Gasteiger partial charge >= 0.3 is 0 Å². The van der Waals surface area contributed by atoms with Crippen molar-refractivity contribution in [3.63, 3.8) is 0 Å². The van der Waals surface area contributed by atoms with Crippen LogP contribution in [0.2, 0.25) is 0 Å². The molecule has 1 aliphatic heterocycles. The van der Waals surface area contributed by atoms with E-state index < -0.39 is 0 Å². The summed E-state index contributed by atoms with van der Waals surface area (Å²) in [5.41, 5.74) is 1.30. The predicted molar refractivity (Wildman–Crippen MR) is 66.6 cm³/mol. The molecule has 0 aliphatic carbocycles. The van der Waals surface area contributed by atoms with Gasteiger partial charge in [-0.05, 0) is 12.1 Å². The van der Waals surface area contributed by atoms with Crippen molar-refractivity contribution in [2.75, 3.05) is 36.1 Å². The van der Waals surface area contributed by atoms with E-state index in [4.69, 9.17) is 0 Å². The van der Waals surface area contributed by atoms with E-state index in [1.165, 1.54) is 5.69 Å². The van der Waals surface area contributed by atoms with E-state index in [1.54, 1.807) is 12.7 Å². The Morgan fingerprint density at radius 3 is 2.12 bits per heavy atom. The van der Waals surface area contributed by atoms with Crippen LogP contribution in [-0.2, 0) is 0 Å². The number of rotatable bonds is 2. The largest absolute Gasteiger partial charge is 0.368 e. The van der Waals surface area contributed by atoms with Gasteiger partial charge in [0.15, 0.2) is 0 Å². The maximum atomic E-state index is 3.83. The zero-order valence-electron chi connectivity index (χ0n) is 9.61. The smallest absolute Gasteiger partial charge is 0.139 e. The average molecular weight is 229 g/mol. The highest BCUT2D eigenvalue weighted by molar-refractivity contribution is 5.46. The summed E-state index contributed by atoms with van der Waals surface area (Å²) < 4.78 is 1.96. The van der Waals surface area contributed by atoms with Crippen LogP contribution in [0.25, 0.3) is 0 Å². The zero-order chi connectivity index (χ0) is 11.5. The summed E-state index contributed by atoms with van der Waals surface area (Å²) in [6, 6.07) is 10.5. The highest BCUT2D eigenvalue weighted by Gasteiger charge is 2.16. The molecule has 0 N–H and O–H groups in total. The first kappa shape index (κ1) is 10.1. The molecule has 3 rings (SSSR count). The van der Waals surface area contributed by atoms with Crippen LogP contribution >= 0.6 is 0 Å². The summed E-state index contributed by atoms with van der Waals surface area (Å²) in [6.45, 7) is 4.05. The fraction of sp³-hybridized carbons (Fsp3) is 0.333. The molecule has 5 nitrogen and oxygen atoms in total. The van der Waals surface area contributed by atoms with E-state index in [1.807, 2.05) is 4.68 Å². The Bertz CT molecular complexity index is 445. The fourth-order valence-electron chi connectivity index (χ4n) is 2.17. The van der Waals surface area contributed by atoms with Gasteiger partial charge < -0.3 is 9.91 Å². The van der Waals surface area contributed by atoms with Gasteiger partial charge in [-0.3, -0.25) is 0 Å². The molecule has 2 aromatic rings. The lowest BCUT2D eigenvalue weighted by atomic mass is 10.2. The maximum absolute atomic E-state index is 3.83. The van der Waals surface area contributed by atoms with Crippen molar-refractivity contribution in [2.45, 2.75) is 0 Å². The first-order valence-corrected chi connectivity index (χ1v) is 5.83. The van der Waals surface area contributed by atoms with Crippen molar-refractivity contribution in [1.82, 2.24) is 14.9 Å². The van der Waals surface area contributed by atoms with Gasteiger partial charge in [0, 0.05) is 18.8 Å². The summed E-state index contributed by atoms with van der Waals surface area (Å²) in [5.74, 6) is 0. The Hall–Kier alpha value is -2.04. The minimum absolute atomic E-state index is 0.993. The van der Waals surface area contributed by atoms with Gasteiger partial charge in [0.1, 0.15) is 12.7 Å². The fourth-order valence-corrected chi connectivity index (χ4v) is 2.17. The van der Waals surface area contributed by atoms with E-state index in [9.17, 15) is 0 Å². The molecule has 1 aliphatic rings. The molecule has 1 aromatic heterocycles. The topological polar surface area (TPSA) is 37.2 Å². The van der Waals surface area contributed by atoms with Crippen molar-refractivity contribution < 1.29 is 0 Å². The van der Waals surface area contributed by atoms with E-state index >= 15 is 0 Å². The second-order valence-electron chi connectivity index (χ2n) is 4.12. The Balaban J connectivity index is 1.65. The van der Waals surface area contributed by atoms with Crippen molar-refractivity contribution in [2.24, 2.45) is 0 Å². The normalized spacial score (nSPS) is 16.2. The average Bonchev–Trinajstić information content (AvgIpc) is 2.94. The van der Waals surface area contributed by atoms with Crippen molar-refractivity contribution in [3.8, 4) is 0 Å². The van der Waals surface area contributed by atoms with Gasteiger partial charge in [-0.2, -0.15) is 0 Å².